The van der Waals surface area contributed by atoms with E-state index in [-0.39, 0.29) is 16.4 Å². The van der Waals surface area contributed by atoms with Crippen LogP contribution >= 0.6 is 0 Å². The SMILES string of the molecule is CCCNC(=O)[C@@H](C)OC(=O)c1ccc(S(=O)(=O)N(C)OC)cc1. The number of carbonyl (C=O) groups is 2. The van der Waals surface area contributed by atoms with Crippen LogP contribution in [0, 0.1) is 0 Å². The Morgan fingerprint density at radius 3 is 2.33 bits per heavy atom. The van der Waals surface area contributed by atoms with E-state index in [0.717, 1.165) is 6.42 Å². The third-order valence-corrected chi connectivity index (χ3v) is 4.88. The molecule has 0 aliphatic rings. The number of amides is 1. The average Bonchev–Trinajstić information content (AvgIpc) is 2.58. The number of esters is 1. The normalized spacial score (nSPS) is 12.7. The third kappa shape index (κ3) is 5.02. The minimum Gasteiger partial charge on any atom is -0.449 e. The van der Waals surface area contributed by atoms with Crippen molar-refractivity contribution in [3.05, 3.63) is 29.8 Å². The fourth-order valence-electron chi connectivity index (χ4n) is 1.68. The number of nitrogens with zero attached hydrogens (tertiary/aromatic N) is 1. The molecule has 134 valence electrons. The topological polar surface area (TPSA) is 102 Å². The molecule has 0 saturated carbocycles. The Hall–Kier alpha value is -1.97. The molecule has 1 aromatic carbocycles. The number of nitrogens with one attached hydrogen (secondary N) is 1. The van der Waals surface area contributed by atoms with Gasteiger partial charge in [-0.2, -0.15) is 0 Å². The van der Waals surface area contributed by atoms with E-state index in [4.69, 9.17) is 4.74 Å². The fourth-order valence-corrected chi connectivity index (χ4v) is 2.66. The van der Waals surface area contributed by atoms with E-state index >= 15 is 0 Å². The molecule has 0 radical (unpaired) electrons. The van der Waals surface area contributed by atoms with Gasteiger partial charge in [0.2, 0.25) is 0 Å². The molecule has 1 atom stereocenters. The lowest BCUT2D eigenvalue weighted by Gasteiger charge is -2.15. The second-order valence-electron chi connectivity index (χ2n) is 4.96. The van der Waals surface area contributed by atoms with Crippen LogP contribution in [0.5, 0.6) is 0 Å². The lowest BCUT2D eigenvalue weighted by atomic mass is 10.2. The first-order valence-corrected chi connectivity index (χ1v) is 8.79. The molecule has 8 nitrogen and oxygen atoms in total. The highest BCUT2D eigenvalue weighted by atomic mass is 32.2. The predicted molar refractivity (Wildman–Crippen MR) is 86.6 cm³/mol. The summed E-state index contributed by atoms with van der Waals surface area (Å²) in [6, 6.07) is 5.16. The Morgan fingerprint density at radius 2 is 1.83 bits per heavy atom. The lowest BCUT2D eigenvalue weighted by Crippen LogP contribution is -2.36. The minimum absolute atomic E-state index is 0.0304. The van der Waals surface area contributed by atoms with Crippen LogP contribution < -0.4 is 5.32 Å². The maximum absolute atomic E-state index is 12.0. The lowest BCUT2D eigenvalue weighted by molar-refractivity contribution is -0.129. The molecule has 0 aromatic heterocycles. The van der Waals surface area contributed by atoms with Crippen molar-refractivity contribution in [2.24, 2.45) is 0 Å². The van der Waals surface area contributed by atoms with E-state index < -0.39 is 22.1 Å². The molecule has 1 N–H and O–H groups in total. The molecule has 0 unspecified atom stereocenters. The second-order valence-corrected chi connectivity index (χ2v) is 6.90. The molecule has 0 heterocycles. The van der Waals surface area contributed by atoms with Crippen molar-refractivity contribution < 1.29 is 27.6 Å². The predicted octanol–water partition coefficient (Wildman–Crippen LogP) is 0.940. The maximum Gasteiger partial charge on any atom is 0.338 e. The monoisotopic (exact) mass is 358 g/mol. The summed E-state index contributed by atoms with van der Waals surface area (Å²) in [6.07, 6.45) is -0.162. The molecule has 1 rings (SSSR count). The Balaban J connectivity index is 2.79. The standard InChI is InChI=1S/C15H22N2O6S/c1-5-10-16-14(18)11(2)23-15(19)12-6-8-13(9-7-12)24(20,21)17(3)22-4/h6-9,11H,5,10H2,1-4H3,(H,16,18)/t11-/m1/s1. The molecule has 0 aliphatic carbocycles. The van der Waals surface area contributed by atoms with Crippen molar-refractivity contribution in [3.8, 4) is 0 Å². The summed E-state index contributed by atoms with van der Waals surface area (Å²) in [5.41, 5.74) is 0.143. The summed E-state index contributed by atoms with van der Waals surface area (Å²) in [7, 11) is -1.29. The summed E-state index contributed by atoms with van der Waals surface area (Å²) in [5.74, 6) is -1.09. The summed E-state index contributed by atoms with van der Waals surface area (Å²) < 4.78 is 29.8. The summed E-state index contributed by atoms with van der Waals surface area (Å²) in [5, 5.41) is 2.62. The van der Waals surface area contributed by atoms with E-state index in [1.54, 1.807) is 0 Å². The highest BCUT2D eigenvalue weighted by Crippen LogP contribution is 2.16. The number of rotatable bonds is 8. The zero-order valence-electron chi connectivity index (χ0n) is 14.1. The van der Waals surface area contributed by atoms with Gasteiger partial charge in [0.25, 0.3) is 15.9 Å². The summed E-state index contributed by atoms with van der Waals surface area (Å²) in [4.78, 5) is 28.3. The quantitative estimate of drug-likeness (QED) is 0.548. The number of benzene rings is 1. The van der Waals surface area contributed by atoms with Crippen molar-refractivity contribution in [1.29, 1.82) is 0 Å². The van der Waals surface area contributed by atoms with E-state index in [0.29, 0.717) is 11.0 Å². The molecule has 0 aliphatic heterocycles. The molecule has 1 amide bonds. The third-order valence-electron chi connectivity index (χ3n) is 3.19. The number of hydrogen-bond acceptors (Lipinski definition) is 6. The van der Waals surface area contributed by atoms with Crippen LogP contribution in [-0.2, 0) is 24.4 Å². The zero-order valence-corrected chi connectivity index (χ0v) is 14.9. The van der Waals surface area contributed by atoms with Crippen LogP contribution in [0.25, 0.3) is 0 Å². The first-order chi connectivity index (χ1) is 11.2. The van der Waals surface area contributed by atoms with Gasteiger partial charge in [0.05, 0.1) is 17.6 Å². The van der Waals surface area contributed by atoms with Crippen LogP contribution in [0.2, 0.25) is 0 Å². The molecular formula is C15H22N2O6S. The van der Waals surface area contributed by atoms with Gasteiger partial charge < -0.3 is 10.1 Å². The van der Waals surface area contributed by atoms with Crippen LogP contribution in [0.1, 0.15) is 30.6 Å². The van der Waals surface area contributed by atoms with Gasteiger partial charge >= 0.3 is 5.97 Å². The first-order valence-electron chi connectivity index (χ1n) is 7.35. The minimum atomic E-state index is -3.78. The fraction of sp³-hybridized carbons (Fsp3) is 0.467. The molecular weight excluding hydrogens is 336 g/mol. The van der Waals surface area contributed by atoms with Gasteiger partial charge in [0.15, 0.2) is 6.10 Å². The molecule has 1 aromatic rings. The Kier molecular flexibility index (Phi) is 7.33. The molecule has 0 bridgehead atoms. The van der Waals surface area contributed by atoms with Gasteiger partial charge in [0, 0.05) is 13.6 Å². The number of sulfonamides is 1. The van der Waals surface area contributed by atoms with Crippen LogP contribution in [0.3, 0.4) is 0 Å². The van der Waals surface area contributed by atoms with Crippen molar-refractivity contribution in [2.45, 2.75) is 31.3 Å². The Bertz CT molecular complexity index is 672. The van der Waals surface area contributed by atoms with Crippen molar-refractivity contribution in [2.75, 3.05) is 20.7 Å². The maximum atomic E-state index is 12.0. The highest BCUT2D eigenvalue weighted by Gasteiger charge is 2.22. The highest BCUT2D eigenvalue weighted by molar-refractivity contribution is 7.89. The molecule has 0 saturated heterocycles. The van der Waals surface area contributed by atoms with E-state index in [9.17, 15) is 18.0 Å². The number of hydroxylamine groups is 1. The second kappa shape index (κ2) is 8.76. The zero-order chi connectivity index (χ0) is 18.3. The van der Waals surface area contributed by atoms with Gasteiger partial charge in [-0.25, -0.2) is 13.2 Å². The Morgan fingerprint density at radius 1 is 1.25 bits per heavy atom. The molecule has 0 spiro atoms. The largest absolute Gasteiger partial charge is 0.449 e. The molecule has 0 fully saturated rings. The molecule has 24 heavy (non-hydrogen) atoms. The number of ether oxygens (including phenoxy) is 1. The van der Waals surface area contributed by atoms with Crippen LogP contribution in [0.15, 0.2) is 29.2 Å². The van der Waals surface area contributed by atoms with Gasteiger partial charge in [-0.15, -0.1) is 0 Å². The van der Waals surface area contributed by atoms with Gasteiger partial charge in [-0.3, -0.25) is 9.63 Å². The van der Waals surface area contributed by atoms with E-state index in [2.05, 4.69) is 10.2 Å². The van der Waals surface area contributed by atoms with E-state index in [1.807, 2.05) is 6.92 Å². The van der Waals surface area contributed by atoms with Gasteiger partial charge in [-0.05, 0) is 37.6 Å². The van der Waals surface area contributed by atoms with Crippen molar-refractivity contribution >= 4 is 21.9 Å². The average molecular weight is 358 g/mol. The number of carbonyl (C=O) groups excluding carboxylic acids is 2. The van der Waals surface area contributed by atoms with Gasteiger partial charge in [-0.1, -0.05) is 11.4 Å². The van der Waals surface area contributed by atoms with E-state index in [1.165, 1.54) is 45.3 Å². The first kappa shape index (κ1) is 20.1. The summed E-state index contributed by atoms with van der Waals surface area (Å²) >= 11 is 0. The van der Waals surface area contributed by atoms with Crippen LogP contribution in [-0.4, -0.2) is 51.6 Å². The smallest absolute Gasteiger partial charge is 0.338 e. The number of hydrogen-bond donors (Lipinski definition) is 1. The summed E-state index contributed by atoms with van der Waals surface area (Å²) in [6.45, 7) is 3.88. The van der Waals surface area contributed by atoms with Crippen LogP contribution in [0.4, 0.5) is 0 Å². The van der Waals surface area contributed by atoms with Crippen molar-refractivity contribution in [1.82, 2.24) is 9.79 Å². The van der Waals surface area contributed by atoms with Crippen molar-refractivity contribution in [3.63, 3.8) is 0 Å². The molecule has 9 heteroatoms. The Labute approximate surface area is 141 Å². The van der Waals surface area contributed by atoms with Gasteiger partial charge in [0.1, 0.15) is 0 Å².